The first-order chi connectivity index (χ1) is 14.8. The molecule has 1 N–H and O–H groups in total. The van der Waals surface area contributed by atoms with Gasteiger partial charge in [-0.05, 0) is 67.3 Å². The van der Waals surface area contributed by atoms with Crippen LogP contribution in [0.5, 0.6) is 0 Å². The third kappa shape index (κ3) is 4.19. The molecule has 1 fully saturated rings. The van der Waals surface area contributed by atoms with Crippen LogP contribution in [-0.2, 0) is 19.4 Å². The Labute approximate surface area is 179 Å². The molecule has 1 aliphatic carbocycles. The van der Waals surface area contributed by atoms with Crippen LogP contribution in [0.3, 0.4) is 0 Å². The molecular formula is C27H30N2O. The summed E-state index contributed by atoms with van der Waals surface area (Å²) >= 11 is 0. The lowest BCUT2D eigenvalue weighted by Gasteiger charge is -2.41. The number of benzene rings is 2. The zero-order valence-electron chi connectivity index (χ0n) is 17.5. The smallest absolute Gasteiger partial charge is 0.0705 e. The molecule has 0 amide bonds. The van der Waals surface area contributed by atoms with Gasteiger partial charge in [0.25, 0.3) is 0 Å². The molecule has 3 nitrogen and oxygen atoms in total. The highest BCUT2D eigenvalue weighted by molar-refractivity contribution is 5.58. The van der Waals surface area contributed by atoms with Gasteiger partial charge in [-0.1, -0.05) is 60.7 Å². The largest absolute Gasteiger partial charge is 0.391 e. The number of aliphatic hydroxyl groups is 1. The molecule has 0 radical (unpaired) electrons. The lowest BCUT2D eigenvalue weighted by molar-refractivity contribution is -0.00952. The lowest BCUT2D eigenvalue weighted by atomic mass is 9.72. The van der Waals surface area contributed by atoms with Crippen LogP contribution in [0.15, 0.2) is 72.8 Å². The predicted octanol–water partition coefficient (Wildman–Crippen LogP) is 4.74. The standard InChI is InChI=1S/C27H30N2O/c30-27-19-29(18-24-11-6-12-26(28-24)21-8-2-1-3-9-21)16-15-25(27)23-14-13-20-7-4-5-10-22(20)17-23/h1-12,23,25,27,30H,13-19H2/t23?,25-,27+/m1/s1. The lowest BCUT2D eigenvalue weighted by Crippen LogP contribution is -2.46. The maximum absolute atomic E-state index is 11.0. The Balaban J connectivity index is 1.22. The van der Waals surface area contributed by atoms with Gasteiger partial charge in [0.1, 0.15) is 0 Å². The van der Waals surface area contributed by atoms with E-state index in [-0.39, 0.29) is 6.10 Å². The summed E-state index contributed by atoms with van der Waals surface area (Å²) < 4.78 is 0. The van der Waals surface area contributed by atoms with E-state index in [1.54, 1.807) is 0 Å². The summed E-state index contributed by atoms with van der Waals surface area (Å²) in [6.07, 6.45) is 4.32. The van der Waals surface area contributed by atoms with Crippen LogP contribution in [0, 0.1) is 11.8 Å². The van der Waals surface area contributed by atoms with Gasteiger partial charge in [0.05, 0.1) is 17.5 Å². The van der Waals surface area contributed by atoms with Gasteiger partial charge in [0, 0.05) is 18.7 Å². The van der Waals surface area contributed by atoms with E-state index in [0.717, 1.165) is 55.8 Å². The first kappa shape index (κ1) is 19.5. The topological polar surface area (TPSA) is 36.4 Å². The fraction of sp³-hybridized carbons (Fsp3) is 0.370. The maximum Gasteiger partial charge on any atom is 0.0705 e. The van der Waals surface area contributed by atoms with Gasteiger partial charge in [-0.15, -0.1) is 0 Å². The van der Waals surface area contributed by atoms with Gasteiger partial charge in [-0.2, -0.15) is 0 Å². The number of pyridine rings is 1. The van der Waals surface area contributed by atoms with Crippen molar-refractivity contribution in [3.63, 3.8) is 0 Å². The Kier molecular flexibility index (Phi) is 5.65. The Bertz CT molecular complexity index is 987. The number of aliphatic hydroxyl groups excluding tert-OH is 1. The predicted molar refractivity (Wildman–Crippen MR) is 121 cm³/mol. The van der Waals surface area contributed by atoms with Crippen molar-refractivity contribution in [1.82, 2.24) is 9.88 Å². The van der Waals surface area contributed by atoms with Crippen LogP contribution in [0.4, 0.5) is 0 Å². The molecule has 154 valence electrons. The average molecular weight is 399 g/mol. The Hall–Kier alpha value is -2.49. The van der Waals surface area contributed by atoms with E-state index in [2.05, 4.69) is 71.6 Å². The number of hydrogen-bond acceptors (Lipinski definition) is 3. The van der Waals surface area contributed by atoms with E-state index in [1.165, 1.54) is 17.5 Å². The summed E-state index contributed by atoms with van der Waals surface area (Å²) in [6.45, 7) is 2.59. The van der Waals surface area contributed by atoms with E-state index in [4.69, 9.17) is 4.98 Å². The molecule has 1 unspecified atom stereocenters. The number of rotatable bonds is 4. The number of β-amino-alcohol motifs (C(OH)–C–C–N with tert-alkyl or cyclic N) is 1. The van der Waals surface area contributed by atoms with Crippen molar-refractivity contribution in [2.45, 2.75) is 38.3 Å². The quantitative estimate of drug-likeness (QED) is 0.690. The second-order valence-electron chi connectivity index (χ2n) is 8.91. The molecule has 0 spiro atoms. The first-order valence-electron chi connectivity index (χ1n) is 11.2. The van der Waals surface area contributed by atoms with Crippen molar-refractivity contribution in [3.05, 3.63) is 89.6 Å². The molecular weight excluding hydrogens is 368 g/mol. The van der Waals surface area contributed by atoms with Gasteiger partial charge in [-0.25, -0.2) is 0 Å². The first-order valence-corrected chi connectivity index (χ1v) is 11.2. The SMILES string of the molecule is O[C@H]1CN(Cc2cccc(-c3ccccc3)n2)CC[C@@H]1C1CCc2ccccc2C1. The molecule has 3 heteroatoms. The molecule has 0 bridgehead atoms. The van der Waals surface area contributed by atoms with Crippen LogP contribution in [0.1, 0.15) is 29.7 Å². The van der Waals surface area contributed by atoms with E-state index >= 15 is 0 Å². The van der Waals surface area contributed by atoms with Crippen LogP contribution >= 0.6 is 0 Å². The van der Waals surface area contributed by atoms with Gasteiger partial charge in [0.15, 0.2) is 0 Å². The van der Waals surface area contributed by atoms with E-state index < -0.39 is 0 Å². The second kappa shape index (κ2) is 8.71. The summed E-state index contributed by atoms with van der Waals surface area (Å²) in [5.41, 5.74) is 6.24. The van der Waals surface area contributed by atoms with Gasteiger partial charge in [-0.3, -0.25) is 9.88 Å². The van der Waals surface area contributed by atoms with Gasteiger partial charge < -0.3 is 5.11 Å². The molecule has 0 saturated carbocycles. The molecule has 5 rings (SSSR count). The summed E-state index contributed by atoms with van der Waals surface area (Å²) in [7, 11) is 0. The second-order valence-corrected chi connectivity index (χ2v) is 8.91. The van der Waals surface area contributed by atoms with Crippen LogP contribution < -0.4 is 0 Å². The average Bonchev–Trinajstić information content (AvgIpc) is 2.80. The van der Waals surface area contributed by atoms with Crippen molar-refractivity contribution in [2.75, 3.05) is 13.1 Å². The van der Waals surface area contributed by atoms with E-state index in [0.29, 0.717) is 11.8 Å². The third-order valence-electron chi connectivity index (χ3n) is 6.97. The minimum absolute atomic E-state index is 0.244. The zero-order chi connectivity index (χ0) is 20.3. The van der Waals surface area contributed by atoms with Crippen LogP contribution in [-0.4, -0.2) is 34.2 Å². The van der Waals surface area contributed by atoms with Crippen molar-refractivity contribution in [2.24, 2.45) is 11.8 Å². The van der Waals surface area contributed by atoms with Crippen LogP contribution in [0.2, 0.25) is 0 Å². The van der Waals surface area contributed by atoms with Crippen LogP contribution in [0.25, 0.3) is 11.3 Å². The zero-order valence-corrected chi connectivity index (χ0v) is 17.5. The Morgan fingerprint density at radius 3 is 2.50 bits per heavy atom. The number of nitrogens with zero attached hydrogens (tertiary/aromatic N) is 2. The molecule has 2 aliphatic rings. The summed E-state index contributed by atoms with van der Waals surface area (Å²) in [6, 6.07) is 25.4. The number of fused-ring (bicyclic) bond motifs is 1. The Morgan fingerprint density at radius 1 is 0.867 bits per heavy atom. The van der Waals surface area contributed by atoms with Crippen molar-refractivity contribution in [1.29, 1.82) is 0 Å². The Morgan fingerprint density at radius 2 is 1.67 bits per heavy atom. The normalized spacial score (nSPS) is 24.4. The highest BCUT2D eigenvalue weighted by Crippen LogP contribution is 2.35. The highest BCUT2D eigenvalue weighted by Gasteiger charge is 2.35. The number of aromatic nitrogens is 1. The van der Waals surface area contributed by atoms with E-state index in [1.807, 2.05) is 6.07 Å². The summed E-state index contributed by atoms with van der Waals surface area (Å²) in [5.74, 6) is 1.02. The fourth-order valence-corrected chi connectivity index (χ4v) is 5.37. The summed E-state index contributed by atoms with van der Waals surface area (Å²) in [5, 5.41) is 11.0. The van der Waals surface area contributed by atoms with E-state index in [9.17, 15) is 5.11 Å². The van der Waals surface area contributed by atoms with Crippen molar-refractivity contribution in [3.8, 4) is 11.3 Å². The molecule has 30 heavy (non-hydrogen) atoms. The number of aryl methyl sites for hydroxylation is 1. The molecule has 1 aromatic heterocycles. The summed E-state index contributed by atoms with van der Waals surface area (Å²) in [4.78, 5) is 7.24. The molecule has 2 heterocycles. The molecule has 1 saturated heterocycles. The minimum Gasteiger partial charge on any atom is -0.391 e. The van der Waals surface area contributed by atoms with Gasteiger partial charge in [0.2, 0.25) is 0 Å². The van der Waals surface area contributed by atoms with Crippen molar-refractivity contribution >= 4 is 0 Å². The maximum atomic E-state index is 11.0. The fourth-order valence-electron chi connectivity index (χ4n) is 5.37. The number of piperidine rings is 1. The molecule has 2 aromatic carbocycles. The molecule has 1 aliphatic heterocycles. The van der Waals surface area contributed by atoms with Gasteiger partial charge >= 0.3 is 0 Å². The third-order valence-corrected chi connectivity index (χ3v) is 6.97. The monoisotopic (exact) mass is 398 g/mol. The molecule has 3 aromatic rings. The number of hydrogen-bond donors (Lipinski definition) is 1. The number of likely N-dealkylation sites (tertiary alicyclic amines) is 1. The minimum atomic E-state index is -0.244. The highest BCUT2D eigenvalue weighted by atomic mass is 16.3. The molecule has 3 atom stereocenters. The van der Waals surface area contributed by atoms with Crippen molar-refractivity contribution < 1.29 is 5.11 Å².